The van der Waals surface area contributed by atoms with Gasteiger partial charge in [0, 0.05) is 50.5 Å². The van der Waals surface area contributed by atoms with Gasteiger partial charge < -0.3 is 20.0 Å². The Morgan fingerprint density at radius 2 is 1.52 bits per heavy atom. The molecule has 210 valence electrons. The monoisotopic (exact) mass is 548 g/mol. The third-order valence-electron chi connectivity index (χ3n) is 6.74. The third kappa shape index (κ3) is 7.65. The molecule has 1 heterocycles. The zero-order chi connectivity index (χ0) is 28.6. The third-order valence-corrected chi connectivity index (χ3v) is 6.74. The van der Waals surface area contributed by atoms with Crippen LogP contribution in [0.4, 0.5) is 20.2 Å². The number of hydrogen-bond acceptors (Lipinski definition) is 4. The topological polar surface area (TPSA) is 73.0 Å². The number of carbonyl (C=O) groups is 3. The van der Waals surface area contributed by atoms with Crippen molar-refractivity contribution in [1.29, 1.82) is 0 Å². The van der Waals surface area contributed by atoms with E-state index >= 15 is 0 Å². The molecule has 1 fully saturated rings. The fourth-order valence-corrected chi connectivity index (χ4v) is 4.64. The molecule has 0 bridgehead atoms. The minimum absolute atomic E-state index is 0.00541. The van der Waals surface area contributed by atoms with E-state index in [1.165, 1.54) is 47.4 Å². The summed E-state index contributed by atoms with van der Waals surface area (Å²) >= 11 is 0. The number of rotatable bonds is 9. The molecule has 0 aromatic heterocycles. The molecule has 0 unspecified atom stereocenters. The van der Waals surface area contributed by atoms with Gasteiger partial charge in [-0.05, 0) is 60.0 Å². The van der Waals surface area contributed by atoms with Crippen molar-refractivity contribution >= 4 is 29.1 Å². The molecule has 3 aromatic carbocycles. The normalized spacial score (nSPS) is 13.3. The van der Waals surface area contributed by atoms with E-state index in [0.29, 0.717) is 36.7 Å². The number of carbonyl (C=O) groups excluding carboxylic acids is 3. The van der Waals surface area contributed by atoms with E-state index in [9.17, 15) is 23.2 Å². The summed E-state index contributed by atoms with van der Waals surface area (Å²) in [7, 11) is 0. The van der Waals surface area contributed by atoms with Crippen LogP contribution >= 0.6 is 0 Å². The molecular formula is C31H34F2N4O3. The van der Waals surface area contributed by atoms with Crippen LogP contribution in [0.2, 0.25) is 0 Å². The molecule has 7 nitrogen and oxygen atoms in total. The zero-order valence-electron chi connectivity index (χ0n) is 22.8. The molecule has 0 radical (unpaired) electrons. The molecule has 1 aliphatic heterocycles. The fourth-order valence-electron chi connectivity index (χ4n) is 4.64. The second-order valence-electron chi connectivity index (χ2n) is 10.3. The molecule has 40 heavy (non-hydrogen) atoms. The van der Waals surface area contributed by atoms with Crippen LogP contribution in [0, 0.1) is 17.6 Å². The summed E-state index contributed by atoms with van der Waals surface area (Å²) in [6, 6.07) is 18.6. The van der Waals surface area contributed by atoms with Crippen LogP contribution in [-0.2, 0) is 16.1 Å². The Kier molecular flexibility index (Phi) is 9.47. The molecular weight excluding hydrogens is 514 g/mol. The molecule has 3 aromatic rings. The Labute approximate surface area is 233 Å². The Bertz CT molecular complexity index is 1320. The predicted molar refractivity (Wildman–Crippen MR) is 151 cm³/mol. The van der Waals surface area contributed by atoms with E-state index in [2.05, 4.69) is 10.2 Å². The van der Waals surface area contributed by atoms with Crippen molar-refractivity contribution in [2.45, 2.75) is 26.8 Å². The lowest BCUT2D eigenvalue weighted by Gasteiger charge is -2.36. The number of halogens is 2. The summed E-state index contributed by atoms with van der Waals surface area (Å²) in [6.45, 7) is 6.56. The van der Waals surface area contributed by atoms with Gasteiger partial charge in [-0.1, -0.05) is 38.1 Å². The number of nitrogens with one attached hydrogen (secondary N) is 1. The second-order valence-corrected chi connectivity index (χ2v) is 10.3. The van der Waals surface area contributed by atoms with Crippen molar-refractivity contribution in [1.82, 2.24) is 9.80 Å². The summed E-state index contributed by atoms with van der Waals surface area (Å²) in [4.78, 5) is 43.8. The standard InChI is InChI=1S/C31H34F2N4O3/c1-22(2)19-30(39)36-17-15-35(16-18-36)26-13-11-25(12-14-26)34-29(38)21-37(20-23-7-9-24(32)10-8-23)31(40)27-5-3-4-6-28(27)33/h3-14,22H,15-21H2,1-2H3,(H,34,38). The molecule has 1 aliphatic rings. The maximum atomic E-state index is 14.4. The number of nitrogens with zero attached hydrogens (tertiary/aromatic N) is 3. The maximum Gasteiger partial charge on any atom is 0.257 e. The van der Waals surface area contributed by atoms with Crippen molar-refractivity contribution in [3.8, 4) is 0 Å². The van der Waals surface area contributed by atoms with Gasteiger partial charge in [0.15, 0.2) is 0 Å². The van der Waals surface area contributed by atoms with Crippen LogP contribution < -0.4 is 10.2 Å². The average Bonchev–Trinajstić information content (AvgIpc) is 2.94. The lowest BCUT2D eigenvalue weighted by Crippen LogP contribution is -2.49. The fraction of sp³-hybridized carbons (Fsp3) is 0.323. The van der Waals surface area contributed by atoms with E-state index < -0.39 is 23.4 Å². The summed E-state index contributed by atoms with van der Waals surface area (Å²) in [5.74, 6) is -1.66. The lowest BCUT2D eigenvalue weighted by atomic mass is 10.1. The second kappa shape index (κ2) is 13.2. The highest BCUT2D eigenvalue weighted by atomic mass is 19.1. The van der Waals surface area contributed by atoms with Crippen LogP contribution in [0.15, 0.2) is 72.8 Å². The van der Waals surface area contributed by atoms with Crippen LogP contribution in [0.5, 0.6) is 0 Å². The van der Waals surface area contributed by atoms with Crippen molar-refractivity contribution in [3.05, 3.63) is 95.6 Å². The molecule has 0 saturated carbocycles. The molecule has 3 amide bonds. The minimum Gasteiger partial charge on any atom is -0.368 e. The van der Waals surface area contributed by atoms with Crippen LogP contribution in [0.3, 0.4) is 0 Å². The van der Waals surface area contributed by atoms with Gasteiger partial charge in [0.2, 0.25) is 11.8 Å². The first kappa shape index (κ1) is 28.7. The summed E-state index contributed by atoms with van der Waals surface area (Å²) in [6.07, 6.45) is 0.557. The van der Waals surface area contributed by atoms with E-state index in [4.69, 9.17) is 0 Å². The van der Waals surface area contributed by atoms with Crippen LogP contribution in [-0.4, -0.2) is 60.2 Å². The van der Waals surface area contributed by atoms with Crippen molar-refractivity contribution in [2.75, 3.05) is 42.9 Å². The van der Waals surface area contributed by atoms with Gasteiger partial charge in [-0.15, -0.1) is 0 Å². The van der Waals surface area contributed by atoms with Crippen molar-refractivity contribution in [2.24, 2.45) is 5.92 Å². The van der Waals surface area contributed by atoms with Gasteiger partial charge in [0.25, 0.3) is 5.91 Å². The molecule has 0 aliphatic carbocycles. The lowest BCUT2D eigenvalue weighted by molar-refractivity contribution is -0.132. The van der Waals surface area contributed by atoms with Gasteiger partial charge in [0.05, 0.1) is 5.56 Å². The van der Waals surface area contributed by atoms with E-state index in [-0.39, 0.29) is 24.6 Å². The zero-order valence-corrected chi connectivity index (χ0v) is 22.8. The number of piperazine rings is 1. The first-order chi connectivity index (χ1) is 19.2. The summed E-state index contributed by atoms with van der Waals surface area (Å²) < 4.78 is 27.7. The summed E-state index contributed by atoms with van der Waals surface area (Å²) in [5.41, 5.74) is 2.00. The number of anilines is 2. The van der Waals surface area contributed by atoms with Crippen LogP contribution in [0.25, 0.3) is 0 Å². The van der Waals surface area contributed by atoms with Gasteiger partial charge in [-0.25, -0.2) is 8.78 Å². The molecule has 1 N–H and O–H groups in total. The van der Waals surface area contributed by atoms with Crippen molar-refractivity contribution in [3.63, 3.8) is 0 Å². The molecule has 1 saturated heterocycles. The Hall–Kier alpha value is -4.27. The molecule has 0 atom stereocenters. The molecule has 0 spiro atoms. The van der Waals surface area contributed by atoms with Gasteiger partial charge >= 0.3 is 0 Å². The highest BCUT2D eigenvalue weighted by Crippen LogP contribution is 2.21. The Morgan fingerprint density at radius 3 is 2.15 bits per heavy atom. The van der Waals surface area contributed by atoms with E-state index in [1.807, 2.05) is 30.9 Å². The first-order valence-electron chi connectivity index (χ1n) is 13.4. The number of amides is 3. The Morgan fingerprint density at radius 1 is 0.875 bits per heavy atom. The minimum atomic E-state index is -0.683. The van der Waals surface area contributed by atoms with Gasteiger partial charge in [-0.3, -0.25) is 14.4 Å². The first-order valence-corrected chi connectivity index (χ1v) is 13.4. The largest absolute Gasteiger partial charge is 0.368 e. The average molecular weight is 549 g/mol. The number of benzene rings is 3. The van der Waals surface area contributed by atoms with Gasteiger partial charge in [-0.2, -0.15) is 0 Å². The van der Waals surface area contributed by atoms with E-state index in [0.717, 1.165) is 18.8 Å². The smallest absolute Gasteiger partial charge is 0.257 e. The van der Waals surface area contributed by atoms with E-state index in [1.54, 1.807) is 18.2 Å². The van der Waals surface area contributed by atoms with Crippen molar-refractivity contribution < 1.29 is 23.2 Å². The van der Waals surface area contributed by atoms with Gasteiger partial charge in [0.1, 0.15) is 18.2 Å². The van der Waals surface area contributed by atoms with Crippen LogP contribution in [0.1, 0.15) is 36.2 Å². The quantitative estimate of drug-likeness (QED) is 0.411. The Balaban J connectivity index is 1.38. The highest BCUT2D eigenvalue weighted by molar-refractivity contribution is 5.99. The SMILES string of the molecule is CC(C)CC(=O)N1CCN(c2ccc(NC(=O)CN(Cc3ccc(F)cc3)C(=O)c3ccccc3F)cc2)CC1. The highest BCUT2D eigenvalue weighted by Gasteiger charge is 2.23. The summed E-state index contributed by atoms with van der Waals surface area (Å²) in [5, 5.41) is 2.80. The maximum absolute atomic E-state index is 14.4. The molecule has 9 heteroatoms. The predicted octanol–water partition coefficient (Wildman–Crippen LogP) is 4.94. The molecule has 4 rings (SSSR count). The number of hydrogen-bond donors (Lipinski definition) is 1.